The van der Waals surface area contributed by atoms with Gasteiger partial charge in [0.05, 0.1) is 4.90 Å². The highest BCUT2D eigenvalue weighted by Gasteiger charge is 2.31. The number of hydrogen-bond acceptors (Lipinski definition) is 3. The van der Waals surface area contributed by atoms with Crippen LogP contribution >= 0.6 is 31.9 Å². The van der Waals surface area contributed by atoms with Crippen LogP contribution in [0.3, 0.4) is 0 Å². The van der Waals surface area contributed by atoms with Gasteiger partial charge in [0.1, 0.15) is 0 Å². The van der Waals surface area contributed by atoms with Crippen LogP contribution < -0.4 is 0 Å². The fourth-order valence-electron chi connectivity index (χ4n) is 2.22. The predicted molar refractivity (Wildman–Crippen MR) is 80.4 cm³/mol. The number of rotatable bonds is 3. The Morgan fingerprint density at radius 3 is 2.74 bits per heavy atom. The van der Waals surface area contributed by atoms with Crippen molar-refractivity contribution < 1.29 is 13.5 Å². The van der Waals surface area contributed by atoms with Crippen molar-refractivity contribution in [3.63, 3.8) is 0 Å². The van der Waals surface area contributed by atoms with E-state index in [0.717, 1.165) is 17.3 Å². The minimum Gasteiger partial charge on any atom is -0.396 e. The second-order valence-electron chi connectivity index (χ2n) is 4.63. The van der Waals surface area contributed by atoms with E-state index in [-0.39, 0.29) is 17.4 Å². The van der Waals surface area contributed by atoms with E-state index in [9.17, 15) is 13.5 Å². The Bertz CT molecular complexity index is 562. The Labute approximate surface area is 130 Å². The molecule has 2 rings (SSSR count). The first-order chi connectivity index (χ1) is 8.95. The summed E-state index contributed by atoms with van der Waals surface area (Å²) in [6.07, 6.45) is 1.67. The maximum atomic E-state index is 12.6. The molecule has 0 spiro atoms. The van der Waals surface area contributed by atoms with E-state index in [1.165, 1.54) is 4.31 Å². The molecule has 1 unspecified atom stereocenters. The van der Waals surface area contributed by atoms with Crippen LogP contribution in [0.5, 0.6) is 0 Å². The second-order valence-corrected chi connectivity index (χ2v) is 8.30. The second kappa shape index (κ2) is 6.22. The molecular weight excluding hydrogens is 398 g/mol. The van der Waals surface area contributed by atoms with Crippen LogP contribution in [-0.2, 0) is 10.0 Å². The van der Waals surface area contributed by atoms with Crippen molar-refractivity contribution in [2.45, 2.75) is 17.7 Å². The zero-order valence-electron chi connectivity index (χ0n) is 10.2. The molecule has 0 bridgehead atoms. The molecule has 1 aliphatic rings. The van der Waals surface area contributed by atoms with E-state index in [2.05, 4.69) is 31.9 Å². The van der Waals surface area contributed by atoms with Gasteiger partial charge in [-0.2, -0.15) is 4.31 Å². The Balaban J connectivity index is 2.31. The van der Waals surface area contributed by atoms with Crippen molar-refractivity contribution in [1.82, 2.24) is 4.31 Å². The summed E-state index contributed by atoms with van der Waals surface area (Å²) in [7, 11) is -3.50. The highest BCUT2D eigenvalue weighted by atomic mass is 79.9. The monoisotopic (exact) mass is 411 g/mol. The third kappa shape index (κ3) is 3.39. The van der Waals surface area contributed by atoms with Gasteiger partial charge in [-0.15, -0.1) is 0 Å². The number of benzene rings is 1. The largest absolute Gasteiger partial charge is 0.396 e. The average Bonchev–Trinajstić information content (AvgIpc) is 2.38. The lowest BCUT2D eigenvalue weighted by Gasteiger charge is -2.31. The molecule has 1 aromatic rings. The summed E-state index contributed by atoms with van der Waals surface area (Å²) in [5.74, 6) is 0.0396. The molecular formula is C12H15Br2NO3S. The van der Waals surface area contributed by atoms with Crippen molar-refractivity contribution in [2.24, 2.45) is 5.92 Å². The van der Waals surface area contributed by atoms with Crippen molar-refractivity contribution in [1.29, 1.82) is 0 Å². The lowest BCUT2D eigenvalue weighted by molar-refractivity contribution is 0.165. The van der Waals surface area contributed by atoms with Crippen LogP contribution in [0.1, 0.15) is 12.8 Å². The van der Waals surface area contributed by atoms with E-state index < -0.39 is 10.0 Å². The third-order valence-electron chi connectivity index (χ3n) is 3.25. The van der Waals surface area contributed by atoms with Crippen LogP contribution in [0.2, 0.25) is 0 Å². The molecule has 1 fully saturated rings. The summed E-state index contributed by atoms with van der Waals surface area (Å²) in [4.78, 5) is 0.272. The number of hydrogen-bond donors (Lipinski definition) is 1. The Kier molecular flexibility index (Phi) is 5.05. The Hall–Kier alpha value is 0.0500. The summed E-state index contributed by atoms with van der Waals surface area (Å²) in [6, 6.07) is 5.03. The number of sulfonamides is 1. The maximum absolute atomic E-state index is 12.6. The Morgan fingerprint density at radius 1 is 1.37 bits per heavy atom. The van der Waals surface area contributed by atoms with E-state index in [1.807, 2.05) is 0 Å². The lowest BCUT2D eigenvalue weighted by Crippen LogP contribution is -2.40. The minimum atomic E-state index is -3.50. The fourth-order valence-corrected chi connectivity index (χ4v) is 5.48. The SMILES string of the molecule is O=S(=O)(c1ccc(Br)cc1Br)N1CCCC(CO)C1. The molecule has 0 amide bonds. The van der Waals surface area contributed by atoms with Gasteiger partial charge >= 0.3 is 0 Å². The molecule has 1 aromatic carbocycles. The van der Waals surface area contributed by atoms with E-state index in [1.54, 1.807) is 18.2 Å². The van der Waals surface area contributed by atoms with Crippen molar-refractivity contribution in [3.05, 3.63) is 27.1 Å². The van der Waals surface area contributed by atoms with Gasteiger partial charge in [0.15, 0.2) is 0 Å². The zero-order valence-corrected chi connectivity index (χ0v) is 14.2. The number of halogens is 2. The molecule has 106 valence electrons. The number of aliphatic hydroxyl groups excluding tert-OH is 1. The van der Waals surface area contributed by atoms with Crippen molar-refractivity contribution in [3.8, 4) is 0 Å². The zero-order chi connectivity index (χ0) is 14.0. The predicted octanol–water partition coefficient (Wildman–Crippen LogP) is 2.60. The highest BCUT2D eigenvalue weighted by molar-refractivity contribution is 9.11. The van der Waals surface area contributed by atoms with Gasteiger partial charge in [-0.05, 0) is 52.9 Å². The van der Waals surface area contributed by atoms with Gasteiger partial charge < -0.3 is 5.11 Å². The molecule has 1 heterocycles. The van der Waals surface area contributed by atoms with Crippen molar-refractivity contribution in [2.75, 3.05) is 19.7 Å². The molecule has 0 radical (unpaired) electrons. The molecule has 1 saturated heterocycles. The van der Waals surface area contributed by atoms with Crippen LogP contribution in [0.15, 0.2) is 32.0 Å². The minimum absolute atomic E-state index is 0.0352. The van der Waals surface area contributed by atoms with Gasteiger partial charge in [-0.3, -0.25) is 0 Å². The van der Waals surface area contributed by atoms with Crippen LogP contribution in [0.4, 0.5) is 0 Å². The van der Waals surface area contributed by atoms with Gasteiger partial charge in [0.25, 0.3) is 0 Å². The number of piperidine rings is 1. The van der Waals surface area contributed by atoms with E-state index in [4.69, 9.17) is 0 Å². The summed E-state index contributed by atoms with van der Waals surface area (Å²) < 4.78 is 28.0. The molecule has 1 N–H and O–H groups in total. The molecule has 1 atom stereocenters. The van der Waals surface area contributed by atoms with Gasteiger partial charge in [-0.1, -0.05) is 15.9 Å². The molecule has 19 heavy (non-hydrogen) atoms. The van der Waals surface area contributed by atoms with Gasteiger partial charge in [0.2, 0.25) is 10.0 Å². The first kappa shape index (κ1) is 15.4. The van der Waals surface area contributed by atoms with Gasteiger partial charge in [0, 0.05) is 28.6 Å². The van der Waals surface area contributed by atoms with E-state index in [0.29, 0.717) is 17.6 Å². The summed E-state index contributed by atoms with van der Waals surface area (Å²) in [5.41, 5.74) is 0. The van der Waals surface area contributed by atoms with Crippen LogP contribution in [0, 0.1) is 5.92 Å². The smallest absolute Gasteiger partial charge is 0.244 e. The van der Waals surface area contributed by atoms with Gasteiger partial charge in [-0.25, -0.2) is 8.42 Å². The normalized spacial score (nSPS) is 21.5. The first-order valence-corrected chi connectivity index (χ1v) is 9.04. The Morgan fingerprint density at radius 2 is 2.11 bits per heavy atom. The molecule has 0 saturated carbocycles. The van der Waals surface area contributed by atoms with E-state index >= 15 is 0 Å². The summed E-state index contributed by atoms with van der Waals surface area (Å²) in [6.45, 7) is 0.941. The first-order valence-electron chi connectivity index (χ1n) is 6.01. The molecule has 4 nitrogen and oxygen atoms in total. The molecule has 0 aromatic heterocycles. The van der Waals surface area contributed by atoms with Crippen molar-refractivity contribution >= 4 is 41.9 Å². The molecule has 7 heteroatoms. The topological polar surface area (TPSA) is 57.6 Å². The summed E-state index contributed by atoms with van der Waals surface area (Å²) in [5, 5.41) is 9.20. The quantitative estimate of drug-likeness (QED) is 0.829. The number of nitrogens with zero attached hydrogens (tertiary/aromatic N) is 1. The fraction of sp³-hybridized carbons (Fsp3) is 0.500. The van der Waals surface area contributed by atoms with Crippen LogP contribution in [0.25, 0.3) is 0 Å². The standard InChI is InChI=1S/C12H15Br2NO3S/c13-10-3-4-12(11(14)6-10)19(17,18)15-5-1-2-9(7-15)8-16/h3-4,6,9,16H,1-2,5,7-8H2. The summed E-state index contributed by atoms with van der Waals surface area (Å²) >= 11 is 6.60. The lowest BCUT2D eigenvalue weighted by atomic mass is 10.0. The molecule has 1 aliphatic heterocycles. The number of aliphatic hydroxyl groups is 1. The van der Waals surface area contributed by atoms with Crippen LogP contribution in [-0.4, -0.2) is 37.5 Å². The molecule has 0 aliphatic carbocycles. The third-order valence-corrected chi connectivity index (χ3v) is 6.59. The average molecular weight is 413 g/mol. The maximum Gasteiger partial charge on any atom is 0.244 e. The highest BCUT2D eigenvalue weighted by Crippen LogP contribution is 2.30.